The van der Waals surface area contributed by atoms with E-state index in [9.17, 15) is 9.59 Å². The Morgan fingerprint density at radius 3 is 1.11 bits per heavy atom. The summed E-state index contributed by atoms with van der Waals surface area (Å²) in [5.74, 6) is 2.13. The number of aldehydes is 2. The van der Waals surface area contributed by atoms with Gasteiger partial charge in [0.25, 0.3) is 0 Å². The molecule has 0 bridgehead atoms. The highest BCUT2D eigenvalue weighted by Gasteiger charge is 2.11. The molecule has 4 rings (SSSR count). The van der Waals surface area contributed by atoms with Crippen LogP contribution < -0.4 is 18.9 Å². The molecule has 0 unspecified atom stereocenters. The van der Waals surface area contributed by atoms with Crippen molar-refractivity contribution in [2.75, 3.05) is 28.4 Å². The molecule has 192 valence electrons. The van der Waals surface area contributed by atoms with E-state index in [1.165, 1.54) is 14.2 Å². The minimum absolute atomic E-state index is 0.429. The second-order valence-corrected chi connectivity index (χ2v) is 8.36. The van der Waals surface area contributed by atoms with Crippen molar-refractivity contribution >= 4 is 47.6 Å². The maximum absolute atomic E-state index is 11.4. The predicted molar refractivity (Wildman–Crippen MR) is 152 cm³/mol. The highest BCUT2D eigenvalue weighted by atomic mass is 16.5. The lowest BCUT2D eigenvalue weighted by Gasteiger charge is -2.11. The Labute approximate surface area is 221 Å². The number of ether oxygens (including phenoxy) is 4. The average Bonchev–Trinajstić information content (AvgIpc) is 2.97. The molecule has 0 atom stereocenters. The Balaban J connectivity index is 1.74. The van der Waals surface area contributed by atoms with Gasteiger partial charge in [0.1, 0.15) is 23.0 Å². The molecular formula is C32H28O6. The second kappa shape index (κ2) is 11.9. The smallest absolute Gasteiger partial charge is 0.153 e. The molecule has 0 aliphatic rings. The molecule has 0 fully saturated rings. The van der Waals surface area contributed by atoms with Gasteiger partial charge in [0.05, 0.1) is 39.6 Å². The van der Waals surface area contributed by atoms with E-state index < -0.39 is 0 Å². The Hall–Kier alpha value is -4.84. The number of hydrogen-bond donors (Lipinski definition) is 0. The number of rotatable bonds is 10. The van der Waals surface area contributed by atoms with Crippen LogP contribution in [0.25, 0.3) is 35.1 Å². The first-order valence-electron chi connectivity index (χ1n) is 11.9. The van der Waals surface area contributed by atoms with Crippen molar-refractivity contribution < 1.29 is 28.5 Å². The Morgan fingerprint density at radius 1 is 0.447 bits per heavy atom. The fourth-order valence-corrected chi connectivity index (χ4v) is 4.33. The van der Waals surface area contributed by atoms with Gasteiger partial charge in [-0.2, -0.15) is 0 Å². The molecule has 6 heteroatoms. The van der Waals surface area contributed by atoms with Crippen molar-refractivity contribution in [3.05, 3.63) is 94.0 Å². The van der Waals surface area contributed by atoms with Crippen molar-refractivity contribution in [3.63, 3.8) is 0 Å². The Kier molecular flexibility index (Phi) is 8.23. The van der Waals surface area contributed by atoms with Gasteiger partial charge in [-0.05, 0) is 46.2 Å². The van der Waals surface area contributed by atoms with Crippen LogP contribution in [-0.4, -0.2) is 41.0 Å². The number of carbonyl (C=O) groups is 2. The van der Waals surface area contributed by atoms with Gasteiger partial charge in [-0.15, -0.1) is 0 Å². The molecule has 38 heavy (non-hydrogen) atoms. The van der Waals surface area contributed by atoms with Crippen LogP contribution in [0.2, 0.25) is 0 Å². The molecule has 0 N–H and O–H groups in total. The number of benzene rings is 4. The van der Waals surface area contributed by atoms with Gasteiger partial charge in [-0.3, -0.25) is 9.59 Å². The summed E-state index contributed by atoms with van der Waals surface area (Å²) >= 11 is 0. The molecule has 0 spiro atoms. The number of hydrogen-bond acceptors (Lipinski definition) is 6. The molecule has 0 aliphatic heterocycles. The zero-order valence-corrected chi connectivity index (χ0v) is 21.7. The summed E-state index contributed by atoms with van der Waals surface area (Å²) in [6.45, 7) is 0. The first kappa shape index (κ1) is 26.2. The lowest BCUT2D eigenvalue weighted by molar-refractivity contribution is 0.111. The van der Waals surface area contributed by atoms with Gasteiger partial charge in [0, 0.05) is 11.1 Å². The van der Waals surface area contributed by atoms with E-state index in [4.69, 9.17) is 18.9 Å². The van der Waals surface area contributed by atoms with E-state index in [0.717, 1.165) is 45.6 Å². The molecule has 6 nitrogen and oxygen atoms in total. The van der Waals surface area contributed by atoms with Gasteiger partial charge in [0.2, 0.25) is 0 Å². The van der Waals surface area contributed by atoms with Gasteiger partial charge in [0.15, 0.2) is 12.6 Å². The van der Waals surface area contributed by atoms with E-state index in [0.29, 0.717) is 34.1 Å². The summed E-state index contributed by atoms with van der Waals surface area (Å²) in [5, 5.41) is 2.14. The molecular weight excluding hydrogens is 480 g/mol. The quantitative estimate of drug-likeness (QED) is 0.173. The maximum Gasteiger partial charge on any atom is 0.153 e. The largest absolute Gasteiger partial charge is 0.496 e. The molecule has 4 aromatic rings. The monoisotopic (exact) mass is 508 g/mol. The summed E-state index contributed by atoms with van der Waals surface area (Å²) in [6, 6.07) is 19.2. The van der Waals surface area contributed by atoms with Crippen LogP contribution in [0.15, 0.2) is 60.7 Å². The number of carbonyl (C=O) groups excluding carboxylic acids is 2. The summed E-state index contributed by atoms with van der Waals surface area (Å²) in [4.78, 5) is 22.8. The molecule has 0 aliphatic carbocycles. The van der Waals surface area contributed by atoms with E-state index in [2.05, 4.69) is 24.3 Å². The average molecular weight is 509 g/mol. The molecule has 0 amide bonds. The molecule has 0 radical (unpaired) electrons. The number of fused-ring (bicyclic) bond motifs is 1. The number of methoxy groups -OCH3 is 4. The summed E-state index contributed by atoms with van der Waals surface area (Å²) in [6.07, 6.45) is 9.41. The summed E-state index contributed by atoms with van der Waals surface area (Å²) < 4.78 is 21.7. The summed E-state index contributed by atoms with van der Waals surface area (Å²) in [5.41, 5.74) is 4.49. The van der Waals surface area contributed by atoms with Crippen molar-refractivity contribution in [3.8, 4) is 23.0 Å². The van der Waals surface area contributed by atoms with Crippen molar-refractivity contribution in [2.45, 2.75) is 0 Å². The third-order valence-corrected chi connectivity index (χ3v) is 6.29. The van der Waals surface area contributed by atoms with Gasteiger partial charge in [-0.1, -0.05) is 60.7 Å². The Bertz CT molecular complexity index is 1430. The van der Waals surface area contributed by atoms with E-state index in [-0.39, 0.29) is 0 Å². The topological polar surface area (TPSA) is 71.1 Å². The van der Waals surface area contributed by atoms with Crippen LogP contribution in [0.5, 0.6) is 23.0 Å². The highest BCUT2D eigenvalue weighted by Crippen LogP contribution is 2.33. The van der Waals surface area contributed by atoms with Crippen LogP contribution in [0.1, 0.15) is 43.0 Å². The molecule has 0 aromatic heterocycles. The fraction of sp³-hybridized carbons (Fsp3) is 0.125. The normalized spacial score (nSPS) is 11.2. The summed E-state index contributed by atoms with van der Waals surface area (Å²) in [7, 11) is 6.21. The zero-order chi connectivity index (χ0) is 27.1. The third kappa shape index (κ3) is 5.30. The molecule has 4 aromatic carbocycles. The third-order valence-electron chi connectivity index (χ3n) is 6.29. The first-order chi connectivity index (χ1) is 18.6. The SMILES string of the molecule is COc1cc(C=Cc2ccc(C=Cc3cc(OC)c(C=O)cc3OC)c3ccccc23)c(OC)cc1C=O. The lowest BCUT2D eigenvalue weighted by Crippen LogP contribution is -1.95. The standard InChI is InChI=1S/C32H28O6/c1-35-29-17-25(19-33)31(37-3)15-23(29)13-11-21-9-10-22(28-8-6-5-7-27(21)28)12-14-24-16-32(38-4)26(20-34)18-30(24)36-2/h5-20H,1-4H3. The van der Waals surface area contributed by atoms with Crippen molar-refractivity contribution in [2.24, 2.45) is 0 Å². The minimum atomic E-state index is 0.429. The highest BCUT2D eigenvalue weighted by molar-refractivity contribution is 5.99. The first-order valence-corrected chi connectivity index (χ1v) is 11.9. The van der Waals surface area contributed by atoms with Crippen molar-refractivity contribution in [1.82, 2.24) is 0 Å². The van der Waals surface area contributed by atoms with Crippen LogP contribution in [0, 0.1) is 0 Å². The Morgan fingerprint density at radius 2 is 0.763 bits per heavy atom. The van der Waals surface area contributed by atoms with E-state index in [1.54, 1.807) is 38.5 Å². The second-order valence-electron chi connectivity index (χ2n) is 8.36. The van der Waals surface area contributed by atoms with Crippen LogP contribution in [0.4, 0.5) is 0 Å². The van der Waals surface area contributed by atoms with Gasteiger partial charge >= 0.3 is 0 Å². The van der Waals surface area contributed by atoms with Crippen LogP contribution >= 0.6 is 0 Å². The zero-order valence-electron chi connectivity index (χ0n) is 21.7. The van der Waals surface area contributed by atoms with Crippen molar-refractivity contribution in [1.29, 1.82) is 0 Å². The van der Waals surface area contributed by atoms with Crippen LogP contribution in [0.3, 0.4) is 0 Å². The minimum Gasteiger partial charge on any atom is -0.496 e. The van der Waals surface area contributed by atoms with Gasteiger partial charge in [-0.25, -0.2) is 0 Å². The van der Waals surface area contributed by atoms with E-state index >= 15 is 0 Å². The van der Waals surface area contributed by atoms with Gasteiger partial charge < -0.3 is 18.9 Å². The van der Waals surface area contributed by atoms with E-state index in [1.807, 2.05) is 36.4 Å². The fourth-order valence-electron chi connectivity index (χ4n) is 4.33. The molecule has 0 saturated heterocycles. The van der Waals surface area contributed by atoms with Crippen LogP contribution in [-0.2, 0) is 0 Å². The predicted octanol–water partition coefficient (Wildman–Crippen LogP) is 6.84. The molecule has 0 saturated carbocycles. The molecule has 0 heterocycles. The lowest BCUT2D eigenvalue weighted by atomic mass is 9.97. The maximum atomic E-state index is 11.4.